The lowest BCUT2D eigenvalue weighted by Gasteiger charge is -2.34. The lowest BCUT2D eigenvalue weighted by molar-refractivity contribution is -0.129. The van der Waals surface area contributed by atoms with Gasteiger partial charge in [0.1, 0.15) is 5.78 Å². The number of nitrogens with zero attached hydrogens (tertiary/aromatic N) is 1. The van der Waals surface area contributed by atoms with Crippen molar-refractivity contribution in [2.45, 2.75) is 104 Å². The molecule has 34 heavy (non-hydrogen) atoms. The summed E-state index contributed by atoms with van der Waals surface area (Å²) in [6, 6.07) is -1.39. The molecule has 0 spiro atoms. The van der Waals surface area contributed by atoms with Gasteiger partial charge in [-0.1, -0.05) is 39.8 Å². The van der Waals surface area contributed by atoms with Crippen LogP contribution in [0.1, 0.15) is 82.3 Å². The second kappa shape index (κ2) is 16.3. The fourth-order valence-electron chi connectivity index (χ4n) is 4.44. The van der Waals surface area contributed by atoms with Gasteiger partial charge in [0.25, 0.3) is 0 Å². The monoisotopic (exact) mass is 481 g/mol. The Kier molecular flexibility index (Phi) is 13.0. The molecule has 0 amide bonds. The van der Waals surface area contributed by atoms with Crippen molar-refractivity contribution >= 4 is 17.3 Å². The van der Waals surface area contributed by atoms with E-state index in [0.29, 0.717) is 51.6 Å². The third-order valence-electron chi connectivity index (χ3n) is 6.75. The van der Waals surface area contributed by atoms with E-state index in [1.165, 1.54) is 0 Å². The third-order valence-corrected chi connectivity index (χ3v) is 6.75. The first-order valence-electron chi connectivity index (χ1n) is 14.0. The maximum Gasteiger partial charge on any atom is 0.163 e. The lowest BCUT2D eigenvalue weighted by atomic mass is 9.89. The molecule has 1 unspecified atom stereocenters. The number of allylic oxidation sites excluding steroid dienone is 2. The summed E-state index contributed by atoms with van der Waals surface area (Å²) in [5.41, 5.74) is 0. The van der Waals surface area contributed by atoms with E-state index < -0.39 is 19.0 Å². The zero-order valence-corrected chi connectivity index (χ0v) is 21.9. The second-order valence-corrected chi connectivity index (χ2v) is 10.1. The fourth-order valence-corrected chi connectivity index (χ4v) is 4.44. The zero-order chi connectivity index (χ0) is 27.3. The zero-order valence-electron chi connectivity index (χ0n) is 23.9. The van der Waals surface area contributed by atoms with Crippen LogP contribution in [-0.4, -0.2) is 78.3 Å². The molecular weight excluding hydrogens is 430 g/mol. The predicted molar refractivity (Wildman–Crippen MR) is 138 cm³/mol. The Labute approximate surface area is 209 Å². The van der Waals surface area contributed by atoms with Crippen LogP contribution >= 0.6 is 0 Å². The number of aliphatic hydroxyl groups is 1. The highest BCUT2D eigenvalue weighted by Gasteiger charge is 2.33. The minimum absolute atomic E-state index is 0.0114. The van der Waals surface area contributed by atoms with E-state index in [2.05, 4.69) is 10.6 Å². The fraction of sp³-hybridized carbons (Fsp3) is 0.815. The van der Waals surface area contributed by atoms with Gasteiger partial charge < -0.3 is 15.7 Å². The largest absolute Gasteiger partial charge is 0.391 e. The highest BCUT2D eigenvalue weighted by atomic mass is 16.3. The third kappa shape index (κ3) is 10.5. The minimum Gasteiger partial charge on any atom is -0.391 e. The van der Waals surface area contributed by atoms with Crippen LogP contribution < -0.4 is 10.6 Å². The van der Waals surface area contributed by atoms with Crippen LogP contribution in [0.15, 0.2) is 12.2 Å². The van der Waals surface area contributed by atoms with Crippen LogP contribution in [0.3, 0.4) is 0 Å². The molecule has 196 valence electrons. The molecule has 0 radical (unpaired) electrons. The summed E-state index contributed by atoms with van der Waals surface area (Å²) in [5, 5.41) is 17.5. The molecule has 0 saturated carbocycles. The first kappa shape index (κ1) is 27.2. The summed E-state index contributed by atoms with van der Waals surface area (Å²) < 4.78 is 14.6. The molecule has 1 saturated heterocycles. The van der Waals surface area contributed by atoms with Crippen LogP contribution in [0.25, 0.3) is 0 Å². The number of hydrogen-bond donors (Lipinski definition) is 3. The summed E-state index contributed by atoms with van der Waals surface area (Å²) in [4.78, 5) is 40.5. The summed E-state index contributed by atoms with van der Waals surface area (Å²) in [6.07, 6.45) is 6.37. The number of rotatable bonds is 6. The maximum absolute atomic E-state index is 13.3. The van der Waals surface area contributed by atoms with Gasteiger partial charge in [-0.05, 0) is 71.0 Å². The van der Waals surface area contributed by atoms with Gasteiger partial charge in [0.15, 0.2) is 11.6 Å². The van der Waals surface area contributed by atoms with Crippen LogP contribution in [0.4, 0.5) is 0 Å². The average Bonchev–Trinajstić information content (AvgIpc) is 2.81. The van der Waals surface area contributed by atoms with Gasteiger partial charge in [-0.2, -0.15) is 0 Å². The Bertz CT molecular complexity index is 717. The van der Waals surface area contributed by atoms with Crippen LogP contribution in [0.2, 0.25) is 0 Å². The van der Waals surface area contributed by atoms with E-state index in [1.54, 1.807) is 13.0 Å². The highest BCUT2D eigenvalue weighted by molar-refractivity contribution is 5.88. The Morgan fingerprint density at radius 3 is 2.44 bits per heavy atom. The van der Waals surface area contributed by atoms with Crippen molar-refractivity contribution in [2.24, 2.45) is 11.8 Å². The molecule has 0 aromatic rings. The predicted octanol–water partition coefficient (Wildman–Crippen LogP) is 2.90. The van der Waals surface area contributed by atoms with Crippen LogP contribution in [0.5, 0.6) is 0 Å². The SMILES string of the molecule is [2H]C([2H])C/C=C/C[C@@H](C)C(O)[C@H]1C(=O)CCCN[C@@H](C(C)C)C(=O)CN[C@@H](C)C(=O)CCCCN1C. The Balaban J connectivity index is 2.96. The number of hydrogen-bond acceptors (Lipinski definition) is 7. The van der Waals surface area contributed by atoms with Crippen molar-refractivity contribution in [2.75, 3.05) is 26.7 Å². The van der Waals surface area contributed by atoms with Crippen LogP contribution in [0, 0.1) is 11.8 Å². The molecule has 1 heterocycles. The van der Waals surface area contributed by atoms with E-state index in [1.807, 2.05) is 38.8 Å². The molecular formula is C27H49N3O4. The molecule has 3 N–H and O–H groups in total. The summed E-state index contributed by atoms with van der Waals surface area (Å²) >= 11 is 0. The minimum atomic E-state index is -0.906. The Morgan fingerprint density at radius 1 is 1.06 bits per heavy atom. The van der Waals surface area contributed by atoms with Gasteiger partial charge >= 0.3 is 0 Å². The van der Waals surface area contributed by atoms with Crippen LogP contribution in [-0.2, 0) is 14.4 Å². The van der Waals surface area contributed by atoms with Gasteiger partial charge in [0, 0.05) is 15.6 Å². The quantitative estimate of drug-likeness (QED) is 0.502. The van der Waals surface area contributed by atoms with Gasteiger partial charge in [0.05, 0.1) is 30.8 Å². The van der Waals surface area contributed by atoms with Crippen molar-refractivity contribution in [1.29, 1.82) is 0 Å². The number of ketones is 3. The molecule has 1 rings (SSSR count). The highest BCUT2D eigenvalue weighted by Crippen LogP contribution is 2.19. The molecule has 1 aliphatic heterocycles. The number of carbonyl (C=O) groups is 3. The van der Waals surface area contributed by atoms with Gasteiger partial charge in [-0.3, -0.25) is 19.3 Å². The molecule has 0 bridgehead atoms. The second-order valence-electron chi connectivity index (χ2n) is 10.1. The van der Waals surface area contributed by atoms with Gasteiger partial charge in [-0.15, -0.1) is 0 Å². The van der Waals surface area contributed by atoms with E-state index in [9.17, 15) is 19.5 Å². The van der Waals surface area contributed by atoms with Crippen molar-refractivity contribution in [3.63, 3.8) is 0 Å². The van der Waals surface area contributed by atoms with Gasteiger partial charge in [0.2, 0.25) is 0 Å². The van der Waals surface area contributed by atoms with Crippen molar-refractivity contribution in [1.82, 2.24) is 15.5 Å². The molecule has 1 fully saturated rings. The molecule has 0 aromatic heterocycles. The molecule has 0 aliphatic carbocycles. The first-order valence-corrected chi connectivity index (χ1v) is 12.9. The molecule has 1 aliphatic rings. The van der Waals surface area contributed by atoms with E-state index >= 15 is 0 Å². The summed E-state index contributed by atoms with van der Waals surface area (Å²) in [7, 11) is 1.85. The van der Waals surface area contributed by atoms with Crippen molar-refractivity contribution < 1.29 is 22.2 Å². The summed E-state index contributed by atoms with van der Waals surface area (Å²) in [6.45, 7) is 7.99. The number of Topliss-reactive ketones (excluding diaryl/α,β-unsaturated/α-hetero) is 3. The molecule has 0 aromatic carbocycles. The molecule has 7 heteroatoms. The Hall–Kier alpha value is -1.41. The smallest absolute Gasteiger partial charge is 0.163 e. The maximum atomic E-state index is 13.3. The van der Waals surface area contributed by atoms with E-state index in [0.717, 1.165) is 6.42 Å². The van der Waals surface area contributed by atoms with E-state index in [4.69, 9.17) is 2.74 Å². The topological polar surface area (TPSA) is 98.7 Å². The molecule has 5 atom stereocenters. The Morgan fingerprint density at radius 2 is 1.76 bits per heavy atom. The number of carbonyl (C=O) groups excluding carboxylic acids is 3. The lowest BCUT2D eigenvalue weighted by Crippen LogP contribution is -2.50. The first-order chi connectivity index (χ1) is 17.0. The van der Waals surface area contributed by atoms with Crippen molar-refractivity contribution in [3.8, 4) is 0 Å². The van der Waals surface area contributed by atoms with Gasteiger partial charge in [-0.25, -0.2) is 0 Å². The summed E-state index contributed by atoms with van der Waals surface area (Å²) in [5.74, 6) is -0.0331. The number of nitrogens with one attached hydrogen (secondary N) is 2. The average molecular weight is 482 g/mol. The molecule has 7 nitrogen and oxygen atoms in total. The standard InChI is InChI=1S/C27H49N3O4/c1-7-8-9-13-20(4)27(34)26-23(32)15-12-16-28-25(19(2)3)24(33)18-29-21(5)22(31)14-10-11-17-30(26)6/h8-9,19-21,25-29,34H,7,10-18H2,1-6H3/b9-8+/t20-,21+,25+,26-,27?/m1/s1/i1D2. The van der Waals surface area contributed by atoms with Crippen molar-refractivity contribution in [3.05, 3.63) is 12.2 Å². The van der Waals surface area contributed by atoms with E-state index in [-0.39, 0.29) is 47.8 Å². The number of likely N-dealkylation sites (N-methyl/N-ethyl adjacent to an activating group) is 1. The normalized spacial score (nSPS) is 28.7. The number of aliphatic hydroxyl groups excluding tert-OH is 1.